The molecule has 1 saturated carbocycles. The van der Waals surface area contributed by atoms with Crippen molar-refractivity contribution < 1.29 is 18.0 Å². The first-order valence-electron chi connectivity index (χ1n) is 9.97. The number of alkyl halides is 3. The number of carbonyl (C=O) groups excluding carboxylic acids is 1. The molecule has 6 nitrogen and oxygen atoms in total. The number of amides is 1. The molecular formula is C21H21ClF3N5O. The van der Waals surface area contributed by atoms with Crippen LogP contribution in [0.25, 0.3) is 10.9 Å². The molecule has 0 spiro atoms. The van der Waals surface area contributed by atoms with Crippen LogP contribution in [0.15, 0.2) is 43.0 Å². The summed E-state index contributed by atoms with van der Waals surface area (Å²) in [5, 5.41) is 7.25. The van der Waals surface area contributed by atoms with Gasteiger partial charge in [-0.2, -0.15) is 13.2 Å². The zero-order chi connectivity index (χ0) is 22.0. The van der Waals surface area contributed by atoms with Crippen molar-refractivity contribution >= 4 is 34.1 Å². The summed E-state index contributed by atoms with van der Waals surface area (Å²) in [5.41, 5.74) is -0.333. The van der Waals surface area contributed by atoms with Gasteiger partial charge in [-0.15, -0.1) is 0 Å². The van der Waals surface area contributed by atoms with Crippen molar-refractivity contribution in [2.45, 2.75) is 50.5 Å². The molecule has 2 N–H and O–H groups in total. The molecule has 31 heavy (non-hydrogen) atoms. The van der Waals surface area contributed by atoms with Crippen LogP contribution < -0.4 is 10.6 Å². The molecule has 1 fully saturated rings. The van der Waals surface area contributed by atoms with E-state index in [4.69, 9.17) is 11.6 Å². The third-order valence-electron chi connectivity index (χ3n) is 5.40. The van der Waals surface area contributed by atoms with Gasteiger partial charge in [-0.3, -0.25) is 4.79 Å². The number of nitrogens with zero attached hydrogens (tertiary/aromatic N) is 3. The fraction of sp³-hybridized carbons (Fsp3) is 0.381. The number of rotatable bonds is 5. The Balaban J connectivity index is 1.42. The Hall–Kier alpha value is -2.81. The van der Waals surface area contributed by atoms with E-state index < -0.39 is 11.9 Å². The summed E-state index contributed by atoms with van der Waals surface area (Å²) in [6, 6.07) is 5.71. The van der Waals surface area contributed by atoms with Crippen molar-refractivity contribution in [1.82, 2.24) is 19.9 Å². The van der Waals surface area contributed by atoms with Crippen molar-refractivity contribution in [2.75, 3.05) is 5.32 Å². The van der Waals surface area contributed by atoms with Crippen LogP contribution in [0.3, 0.4) is 0 Å². The molecule has 0 atom stereocenters. The van der Waals surface area contributed by atoms with Gasteiger partial charge >= 0.3 is 6.18 Å². The summed E-state index contributed by atoms with van der Waals surface area (Å²) >= 11 is 6.06. The van der Waals surface area contributed by atoms with Gasteiger partial charge in [-0.25, -0.2) is 9.97 Å². The average molecular weight is 452 g/mol. The molecule has 0 radical (unpaired) electrons. The van der Waals surface area contributed by atoms with E-state index in [0.717, 1.165) is 31.7 Å². The lowest BCUT2D eigenvalue weighted by atomic mass is 9.90. The normalized spacial score (nSPS) is 19.4. The second-order valence-electron chi connectivity index (χ2n) is 7.71. The molecule has 4 rings (SSSR count). The van der Waals surface area contributed by atoms with Gasteiger partial charge in [-0.1, -0.05) is 11.6 Å². The summed E-state index contributed by atoms with van der Waals surface area (Å²) in [5.74, 6) is -0.0843. The number of anilines is 1. The Morgan fingerprint density at radius 1 is 1.16 bits per heavy atom. The summed E-state index contributed by atoms with van der Waals surface area (Å²) in [6.45, 7) is 0.210. The molecule has 2 heterocycles. The second kappa shape index (κ2) is 8.74. The number of halogens is 4. The largest absolute Gasteiger partial charge is 0.433 e. The van der Waals surface area contributed by atoms with E-state index in [1.807, 2.05) is 0 Å². The molecule has 1 aromatic carbocycles. The fourth-order valence-corrected chi connectivity index (χ4v) is 4.06. The molecular weight excluding hydrogens is 431 g/mol. The highest BCUT2D eigenvalue weighted by Gasteiger charge is 2.34. The molecule has 0 aliphatic heterocycles. The molecule has 1 amide bonds. The van der Waals surface area contributed by atoms with Crippen LogP contribution in [0.4, 0.5) is 18.9 Å². The van der Waals surface area contributed by atoms with Gasteiger partial charge in [0.1, 0.15) is 12.2 Å². The topological polar surface area (TPSA) is 71.8 Å². The quantitative estimate of drug-likeness (QED) is 0.592. The SMILES string of the molecule is O=C(Cn1ccnc1)NC1CCC(Nc2cc(C(F)(F)F)nc3ccc(Cl)cc23)CC1. The number of carbonyl (C=O) groups is 1. The maximum Gasteiger partial charge on any atom is 0.433 e. The minimum absolute atomic E-state index is 0.00698. The van der Waals surface area contributed by atoms with Gasteiger partial charge in [0.05, 0.1) is 11.8 Å². The van der Waals surface area contributed by atoms with E-state index in [-0.39, 0.29) is 30.1 Å². The van der Waals surface area contributed by atoms with Crippen LogP contribution in [-0.4, -0.2) is 32.5 Å². The predicted octanol–water partition coefficient (Wildman–Crippen LogP) is 4.64. The van der Waals surface area contributed by atoms with Gasteiger partial charge in [0.25, 0.3) is 0 Å². The number of fused-ring (bicyclic) bond motifs is 1. The fourth-order valence-electron chi connectivity index (χ4n) is 3.88. The molecule has 1 aliphatic carbocycles. The highest BCUT2D eigenvalue weighted by atomic mass is 35.5. The van der Waals surface area contributed by atoms with Crippen molar-refractivity contribution in [2.24, 2.45) is 0 Å². The van der Waals surface area contributed by atoms with Gasteiger partial charge in [0.15, 0.2) is 0 Å². The molecule has 0 bridgehead atoms. The van der Waals surface area contributed by atoms with Gasteiger partial charge in [0, 0.05) is 40.6 Å². The number of nitrogens with one attached hydrogen (secondary N) is 2. The third-order valence-corrected chi connectivity index (χ3v) is 5.63. The van der Waals surface area contributed by atoms with E-state index in [1.54, 1.807) is 29.4 Å². The van der Waals surface area contributed by atoms with Crippen LogP contribution in [0.5, 0.6) is 0 Å². The van der Waals surface area contributed by atoms with E-state index >= 15 is 0 Å². The molecule has 164 valence electrons. The average Bonchev–Trinajstić information content (AvgIpc) is 3.21. The molecule has 10 heteroatoms. The van der Waals surface area contributed by atoms with E-state index in [0.29, 0.717) is 16.1 Å². The van der Waals surface area contributed by atoms with Crippen LogP contribution in [-0.2, 0) is 17.5 Å². The summed E-state index contributed by atoms with van der Waals surface area (Å²) in [6.07, 6.45) is 3.31. The monoisotopic (exact) mass is 451 g/mol. The van der Waals surface area contributed by atoms with E-state index in [2.05, 4.69) is 20.6 Å². The van der Waals surface area contributed by atoms with Gasteiger partial charge < -0.3 is 15.2 Å². The molecule has 2 aromatic heterocycles. The van der Waals surface area contributed by atoms with Crippen LogP contribution in [0, 0.1) is 0 Å². The molecule has 1 aliphatic rings. The summed E-state index contributed by atoms with van der Waals surface area (Å²) < 4.78 is 41.6. The zero-order valence-corrected chi connectivity index (χ0v) is 17.2. The Morgan fingerprint density at radius 2 is 1.90 bits per heavy atom. The zero-order valence-electron chi connectivity index (χ0n) is 16.5. The number of pyridine rings is 1. The van der Waals surface area contributed by atoms with Crippen molar-refractivity contribution in [3.63, 3.8) is 0 Å². The van der Waals surface area contributed by atoms with Crippen LogP contribution in [0.2, 0.25) is 5.02 Å². The number of benzene rings is 1. The lowest BCUT2D eigenvalue weighted by Crippen LogP contribution is -2.41. The maximum absolute atomic E-state index is 13.3. The molecule has 0 unspecified atom stereocenters. The predicted molar refractivity (Wildman–Crippen MR) is 112 cm³/mol. The number of hydrogen-bond donors (Lipinski definition) is 2. The highest BCUT2D eigenvalue weighted by molar-refractivity contribution is 6.31. The third kappa shape index (κ3) is 5.28. The molecule has 0 saturated heterocycles. The first-order valence-corrected chi connectivity index (χ1v) is 10.3. The summed E-state index contributed by atoms with van der Waals surface area (Å²) in [4.78, 5) is 19.8. The lowest BCUT2D eigenvalue weighted by molar-refractivity contribution is -0.140. The highest BCUT2D eigenvalue weighted by Crippen LogP contribution is 2.35. The standard InChI is InChI=1S/C21H21ClF3N5O/c22-13-1-6-17-16(9-13)18(10-19(29-17)21(23,24)25)27-14-2-4-15(5-3-14)28-20(31)11-30-8-7-26-12-30/h1,6-10,12,14-15H,2-5,11H2,(H,27,29)(H,28,31). The minimum atomic E-state index is -4.54. The number of aromatic nitrogens is 3. The van der Waals surface area contributed by atoms with E-state index in [1.165, 1.54) is 12.1 Å². The Labute approximate surface area is 181 Å². The Morgan fingerprint density at radius 3 is 2.58 bits per heavy atom. The van der Waals surface area contributed by atoms with E-state index in [9.17, 15) is 18.0 Å². The number of imidazole rings is 1. The minimum Gasteiger partial charge on any atom is -0.382 e. The first-order chi connectivity index (χ1) is 14.8. The smallest absolute Gasteiger partial charge is 0.382 e. The van der Waals surface area contributed by atoms with Crippen LogP contribution in [0.1, 0.15) is 31.4 Å². The lowest BCUT2D eigenvalue weighted by Gasteiger charge is -2.30. The van der Waals surface area contributed by atoms with Gasteiger partial charge in [-0.05, 0) is 49.9 Å². The van der Waals surface area contributed by atoms with Crippen molar-refractivity contribution in [3.05, 3.63) is 53.7 Å². The van der Waals surface area contributed by atoms with Crippen molar-refractivity contribution in [1.29, 1.82) is 0 Å². The van der Waals surface area contributed by atoms with Crippen LogP contribution >= 0.6 is 11.6 Å². The Bertz CT molecular complexity index is 1060. The van der Waals surface area contributed by atoms with Crippen molar-refractivity contribution in [3.8, 4) is 0 Å². The molecule has 3 aromatic rings. The summed E-state index contributed by atoms with van der Waals surface area (Å²) in [7, 11) is 0. The second-order valence-corrected chi connectivity index (χ2v) is 8.15. The maximum atomic E-state index is 13.3. The van der Waals surface area contributed by atoms with Gasteiger partial charge in [0.2, 0.25) is 5.91 Å². The Kier molecular flexibility index (Phi) is 6.04. The number of hydrogen-bond acceptors (Lipinski definition) is 4. The first kappa shape index (κ1) is 21.4.